The van der Waals surface area contributed by atoms with Crippen molar-refractivity contribution in [3.8, 4) is 16.9 Å². The van der Waals surface area contributed by atoms with Crippen LogP contribution < -0.4 is 10.1 Å². The first-order valence-electron chi connectivity index (χ1n) is 10.4. The number of rotatable bonds is 7. The fourth-order valence-corrected chi connectivity index (χ4v) is 3.52. The zero-order chi connectivity index (χ0) is 21.5. The summed E-state index contributed by atoms with van der Waals surface area (Å²) in [5, 5.41) is 3.14. The van der Waals surface area contributed by atoms with E-state index in [0.29, 0.717) is 5.75 Å². The first-order valence-corrected chi connectivity index (χ1v) is 10.4. The highest BCUT2D eigenvalue weighted by Gasteiger charge is 2.21. The molecule has 0 heterocycles. The molecular weight excluding hydrogens is 382 g/mol. The van der Waals surface area contributed by atoms with E-state index in [9.17, 15) is 4.79 Å². The molecule has 1 N–H and O–H groups in total. The molecule has 31 heavy (non-hydrogen) atoms. The van der Waals surface area contributed by atoms with Gasteiger partial charge in [0.15, 0.2) is 6.10 Å². The van der Waals surface area contributed by atoms with E-state index in [0.717, 1.165) is 22.3 Å². The smallest absolute Gasteiger partial charge is 0.261 e. The molecule has 0 radical (unpaired) electrons. The standard InChI is InChI=1S/C28H25NO2/c1-21(31-26-19-17-23(18-20-26)22-11-5-2-6-12-22)28(30)29-27(24-13-7-3-8-14-24)25-15-9-4-10-16-25/h2-21,27H,1H3,(H,29,30). The summed E-state index contributed by atoms with van der Waals surface area (Å²) >= 11 is 0. The van der Waals surface area contributed by atoms with E-state index >= 15 is 0 Å². The molecule has 4 aromatic carbocycles. The normalized spacial score (nSPS) is 11.7. The second-order valence-electron chi connectivity index (χ2n) is 7.41. The highest BCUT2D eigenvalue weighted by molar-refractivity contribution is 5.81. The number of benzene rings is 4. The third-order valence-corrected chi connectivity index (χ3v) is 5.20. The Bertz CT molecular complexity index is 1050. The van der Waals surface area contributed by atoms with Gasteiger partial charge in [-0.2, -0.15) is 0 Å². The highest BCUT2D eigenvalue weighted by atomic mass is 16.5. The second-order valence-corrected chi connectivity index (χ2v) is 7.41. The minimum Gasteiger partial charge on any atom is -0.481 e. The lowest BCUT2D eigenvalue weighted by molar-refractivity contribution is -0.127. The molecule has 3 heteroatoms. The van der Waals surface area contributed by atoms with E-state index in [-0.39, 0.29) is 11.9 Å². The summed E-state index contributed by atoms with van der Waals surface area (Å²) in [6.07, 6.45) is -0.627. The van der Waals surface area contributed by atoms with Gasteiger partial charge in [-0.15, -0.1) is 0 Å². The Morgan fingerprint density at radius 1 is 0.645 bits per heavy atom. The number of carbonyl (C=O) groups excluding carboxylic acids is 1. The lowest BCUT2D eigenvalue weighted by Gasteiger charge is -2.22. The van der Waals surface area contributed by atoms with Crippen molar-refractivity contribution in [2.45, 2.75) is 19.1 Å². The molecule has 0 fully saturated rings. The molecule has 4 aromatic rings. The van der Waals surface area contributed by atoms with Gasteiger partial charge >= 0.3 is 0 Å². The summed E-state index contributed by atoms with van der Waals surface area (Å²) in [6, 6.07) is 37.7. The molecule has 0 aliphatic carbocycles. The van der Waals surface area contributed by atoms with Gasteiger partial charge in [0.25, 0.3) is 5.91 Å². The van der Waals surface area contributed by atoms with Gasteiger partial charge in [0.2, 0.25) is 0 Å². The number of hydrogen-bond donors (Lipinski definition) is 1. The maximum Gasteiger partial charge on any atom is 0.261 e. The van der Waals surface area contributed by atoms with Crippen molar-refractivity contribution in [2.75, 3.05) is 0 Å². The molecular formula is C28H25NO2. The Balaban J connectivity index is 1.45. The van der Waals surface area contributed by atoms with Crippen molar-refractivity contribution >= 4 is 5.91 Å². The molecule has 0 aliphatic heterocycles. The zero-order valence-electron chi connectivity index (χ0n) is 17.4. The average molecular weight is 408 g/mol. The van der Waals surface area contributed by atoms with Crippen molar-refractivity contribution < 1.29 is 9.53 Å². The van der Waals surface area contributed by atoms with Crippen LogP contribution in [-0.2, 0) is 4.79 Å². The first kappa shape index (κ1) is 20.4. The number of nitrogens with one attached hydrogen (secondary N) is 1. The largest absolute Gasteiger partial charge is 0.481 e. The van der Waals surface area contributed by atoms with Gasteiger partial charge in [0.1, 0.15) is 5.75 Å². The van der Waals surface area contributed by atoms with Crippen LogP contribution in [-0.4, -0.2) is 12.0 Å². The van der Waals surface area contributed by atoms with E-state index in [2.05, 4.69) is 17.4 Å². The predicted molar refractivity (Wildman–Crippen MR) is 125 cm³/mol. The summed E-state index contributed by atoms with van der Waals surface area (Å²) < 4.78 is 5.93. The van der Waals surface area contributed by atoms with Crippen molar-refractivity contribution in [3.63, 3.8) is 0 Å². The molecule has 0 saturated heterocycles. The third kappa shape index (κ3) is 5.20. The SMILES string of the molecule is CC(Oc1ccc(-c2ccccc2)cc1)C(=O)NC(c1ccccc1)c1ccccc1. The number of hydrogen-bond acceptors (Lipinski definition) is 2. The van der Waals surface area contributed by atoms with Crippen LogP contribution in [0.4, 0.5) is 0 Å². The van der Waals surface area contributed by atoms with E-state index in [1.807, 2.05) is 103 Å². The molecule has 1 unspecified atom stereocenters. The Morgan fingerprint density at radius 2 is 1.10 bits per heavy atom. The molecule has 1 atom stereocenters. The van der Waals surface area contributed by atoms with Crippen LogP contribution in [0.5, 0.6) is 5.75 Å². The van der Waals surface area contributed by atoms with Gasteiger partial charge in [-0.05, 0) is 41.3 Å². The summed E-state index contributed by atoms with van der Waals surface area (Å²) in [5.74, 6) is 0.503. The molecule has 3 nitrogen and oxygen atoms in total. The number of carbonyl (C=O) groups is 1. The summed E-state index contributed by atoms with van der Waals surface area (Å²) in [7, 11) is 0. The Kier molecular flexibility index (Phi) is 6.44. The van der Waals surface area contributed by atoms with Gasteiger partial charge in [0, 0.05) is 0 Å². The maximum absolute atomic E-state index is 13.0. The molecule has 154 valence electrons. The van der Waals surface area contributed by atoms with Crippen molar-refractivity contribution in [1.82, 2.24) is 5.32 Å². The Morgan fingerprint density at radius 3 is 1.61 bits per heavy atom. The third-order valence-electron chi connectivity index (χ3n) is 5.20. The Labute approximate surface area is 183 Å². The first-order chi connectivity index (χ1) is 15.2. The molecule has 1 amide bonds. The fraction of sp³-hybridized carbons (Fsp3) is 0.107. The molecule has 0 aromatic heterocycles. The van der Waals surface area contributed by atoms with Crippen LogP contribution in [0, 0.1) is 0 Å². The topological polar surface area (TPSA) is 38.3 Å². The van der Waals surface area contributed by atoms with Crippen LogP contribution in [0.3, 0.4) is 0 Å². The van der Waals surface area contributed by atoms with Gasteiger partial charge in [-0.3, -0.25) is 4.79 Å². The van der Waals surface area contributed by atoms with Crippen molar-refractivity contribution in [2.24, 2.45) is 0 Å². The zero-order valence-corrected chi connectivity index (χ0v) is 17.4. The summed E-state index contributed by atoms with van der Waals surface area (Å²) in [6.45, 7) is 1.77. The monoisotopic (exact) mass is 407 g/mol. The lowest BCUT2D eigenvalue weighted by Crippen LogP contribution is -2.39. The summed E-state index contributed by atoms with van der Waals surface area (Å²) in [5.41, 5.74) is 4.31. The minimum absolute atomic E-state index is 0.162. The van der Waals surface area contributed by atoms with E-state index in [4.69, 9.17) is 4.74 Å². The lowest BCUT2D eigenvalue weighted by atomic mass is 9.98. The fourth-order valence-electron chi connectivity index (χ4n) is 3.52. The van der Waals surface area contributed by atoms with Gasteiger partial charge < -0.3 is 10.1 Å². The van der Waals surface area contributed by atoms with Gasteiger partial charge in [0.05, 0.1) is 6.04 Å². The molecule has 0 bridgehead atoms. The van der Waals surface area contributed by atoms with Crippen LogP contribution in [0.1, 0.15) is 24.1 Å². The minimum atomic E-state index is -0.627. The van der Waals surface area contributed by atoms with Crippen molar-refractivity contribution in [3.05, 3.63) is 126 Å². The van der Waals surface area contributed by atoms with E-state index in [1.54, 1.807) is 6.92 Å². The average Bonchev–Trinajstić information content (AvgIpc) is 2.84. The van der Waals surface area contributed by atoms with Crippen LogP contribution in [0.2, 0.25) is 0 Å². The molecule has 0 saturated carbocycles. The number of ether oxygens (including phenoxy) is 1. The molecule has 4 rings (SSSR count). The number of amides is 1. The maximum atomic E-state index is 13.0. The molecule has 0 spiro atoms. The van der Waals surface area contributed by atoms with Crippen LogP contribution in [0.25, 0.3) is 11.1 Å². The van der Waals surface area contributed by atoms with E-state index < -0.39 is 6.10 Å². The van der Waals surface area contributed by atoms with Crippen LogP contribution >= 0.6 is 0 Å². The highest BCUT2D eigenvalue weighted by Crippen LogP contribution is 2.24. The van der Waals surface area contributed by atoms with Gasteiger partial charge in [-0.25, -0.2) is 0 Å². The van der Waals surface area contributed by atoms with Crippen molar-refractivity contribution in [1.29, 1.82) is 0 Å². The van der Waals surface area contributed by atoms with Crippen LogP contribution in [0.15, 0.2) is 115 Å². The van der Waals surface area contributed by atoms with Gasteiger partial charge in [-0.1, -0.05) is 103 Å². The molecule has 0 aliphatic rings. The quantitative estimate of drug-likeness (QED) is 0.406. The van der Waals surface area contributed by atoms with E-state index in [1.165, 1.54) is 0 Å². The summed E-state index contributed by atoms with van der Waals surface area (Å²) in [4.78, 5) is 13.0. The predicted octanol–water partition coefficient (Wildman–Crippen LogP) is 6.03. The Hall–Kier alpha value is -3.85. The second kappa shape index (κ2) is 9.77.